The lowest BCUT2D eigenvalue weighted by molar-refractivity contribution is 0.601. The molecule has 0 aromatic heterocycles. The highest BCUT2D eigenvalue weighted by Gasteiger charge is 2.22. The molecule has 3 N–H and O–H groups in total. The zero-order valence-corrected chi connectivity index (χ0v) is 15.8. The normalized spacial score (nSPS) is 11.4. The molecule has 0 spiro atoms. The Balaban J connectivity index is 2.51. The first-order valence-corrected chi connectivity index (χ1v) is 9.29. The van der Waals surface area contributed by atoms with Crippen LogP contribution in [0.5, 0.6) is 0 Å². The third-order valence-corrected chi connectivity index (χ3v) is 6.00. The molecule has 21 heavy (non-hydrogen) atoms. The van der Waals surface area contributed by atoms with Crippen molar-refractivity contribution < 1.29 is 12.8 Å². The number of benzene rings is 2. The van der Waals surface area contributed by atoms with Crippen molar-refractivity contribution in [3.05, 3.63) is 49.6 Å². The molecule has 0 aliphatic heterocycles. The van der Waals surface area contributed by atoms with Gasteiger partial charge in [-0.1, -0.05) is 15.9 Å². The van der Waals surface area contributed by atoms with Crippen molar-refractivity contribution in [2.24, 2.45) is 0 Å². The average Bonchev–Trinajstić information content (AvgIpc) is 2.31. The molecule has 112 valence electrons. The second-order valence-corrected chi connectivity index (χ2v) is 8.28. The Morgan fingerprint density at radius 3 is 2.33 bits per heavy atom. The summed E-state index contributed by atoms with van der Waals surface area (Å²) in [7, 11) is -3.97. The van der Waals surface area contributed by atoms with Gasteiger partial charge in [-0.15, -0.1) is 0 Å². The van der Waals surface area contributed by atoms with E-state index in [0.717, 1.165) is 6.07 Å². The van der Waals surface area contributed by atoms with Crippen molar-refractivity contribution in [1.82, 2.24) is 0 Å². The fourth-order valence-corrected chi connectivity index (χ4v) is 5.26. The number of sulfonamides is 1. The SMILES string of the molecule is Nc1cc(Br)cc(Br)c1S(=O)(=O)Nc1cc(F)ccc1Br. The molecule has 9 heteroatoms. The summed E-state index contributed by atoms with van der Waals surface area (Å²) in [6.45, 7) is 0. The number of nitrogens with two attached hydrogens (primary N) is 1. The molecule has 0 aliphatic carbocycles. The summed E-state index contributed by atoms with van der Waals surface area (Å²) in [4.78, 5) is -0.109. The number of hydrogen-bond donors (Lipinski definition) is 2. The van der Waals surface area contributed by atoms with Gasteiger partial charge in [0.05, 0.1) is 11.4 Å². The quantitative estimate of drug-likeness (QED) is 0.607. The predicted molar refractivity (Wildman–Crippen MR) is 91.2 cm³/mol. The Morgan fingerprint density at radius 1 is 1.05 bits per heavy atom. The van der Waals surface area contributed by atoms with Gasteiger partial charge < -0.3 is 5.73 Å². The van der Waals surface area contributed by atoms with E-state index in [1.54, 1.807) is 6.07 Å². The highest BCUT2D eigenvalue weighted by molar-refractivity contribution is 9.11. The summed E-state index contributed by atoms with van der Waals surface area (Å²) in [5.41, 5.74) is 5.92. The van der Waals surface area contributed by atoms with Gasteiger partial charge in [0.1, 0.15) is 10.7 Å². The van der Waals surface area contributed by atoms with Gasteiger partial charge >= 0.3 is 0 Å². The van der Waals surface area contributed by atoms with E-state index < -0.39 is 15.8 Å². The van der Waals surface area contributed by atoms with Gasteiger partial charge in [0.25, 0.3) is 10.0 Å². The molecule has 0 saturated carbocycles. The maximum Gasteiger partial charge on any atom is 0.265 e. The summed E-state index contributed by atoms with van der Waals surface area (Å²) in [6.07, 6.45) is 0. The lowest BCUT2D eigenvalue weighted by Crippen LogP contribution is -2.16. The molecule has 0 atom stereocenters. The van der Waals surface area contributed by atoms with E-state index in [4.69, 9.17) is 5.73 Å². The minimum absolute atomic E-state index is 0.0660. The third kappa shape index (κ3) is 3.77. The van der Waals surface area contributed by atoms with Crippen molar-refractivity contribution in [2.75, 3.05) is 10.5 Å². The molecule has 2 rings (SSSR count). The van der Waals surface area contributed by atoms with Crippen LogP contribution in [0.2, 0.25) is 0 Å². The number of halogens is 4. The first-order chi connectivity index (χ1) is 9.70. The second kappa shape index (κ2) is 6.23. The fraction of sp³-hybridized carbons (Fsp3) is 0. The molecule has 0 saturated heterocycles. The van der Waals surface area contributed by atoms with Crippen LogP contribution in [0.4, 0.5) is 15.8 Å². The maximum atomic E-state index is 13.2. The molecular formula is C12H8Br3FN2O2S. The zero-order valence-electron chi connectivity index (χ0n) is 10.2. The second-order valence-electron chi connectivity index (χ2n) is 4.04. The molecule has 0 amide bonds. The average molecular weight is 503 g/mol. The fourth-order valence-electron chi connectivity index (χ4n) is 1.64. The minimum atomic E-state index is -3.97. The van der Waals surface area contributed by atoms with Crippen molar-refractivity contribution in [3.63, 3.8) is 0 Å². The largest absolute Gasteiger partial charge is 0.398 e. The molecule has 2 aromatic rings. The molecule has 0 aliphatic rings. The zero-order chi connectivity index (χ0) is 15.8. The summed E-state index contributed by atoms with van der Waals surface area (Å²) in [5, 5.41) is 0. The molecule has 0 radical (unpaired) electrons. The van der Waals surface area contributed by atoms with Crippen LogP contribution in [0.3, 0.4) is 0 Å². The van der Waals surface area contributed by atoms with Crippen molar-refractivity contribution >= 4 is 69.2 Å². The van der Waals surface area contributed by atoms with Crippen LogP contribution in [0.25, 0.3) is 0 Å². The number of nitrogens with one attached hydrogen (secondary N) is 1. The van der Waals surface area contributed by atoms with E-state index in [1.807, 2.05) is 0 Å². The van der Waals surface area contributed by atoms with Crippen molar-refractivity contribution in [2.45, 2.75) is 4.90 Å². The number of hydrogen-bond acceptors (Lipinski definition) is 3. The smallest absolute Gasteiger partial charge is 0.265 e. The molecule has 0 fully saturated rings. The van der Waals surface area contributed by atoms with Gasteiger partial charge in [-0.2, -0.15) is 0 Å². The molecular weight excluding hydrogens is 495 g/mol. The minimum Gasteiger partial charge on any atom is -0.398 e. The molecule has 0 bridgehead atoms. The van der Waals surface area contributed by atoms with Crippen LogP contribution in [-0.2, 0) is 10.0 Å². The monoisotopic (exact) mass is 500 g/mol. The van der Waals surface area contributed by atoms with E-state index in [1.165, 1.54) is 18.2 Å². The first-order valence-electron chi connectivity index (χ1n) is 5.43. The highest BCUT2D eigenvalue weighted by Crippen LogP contribution is 2.34. The van der Waals surface area contributed by atoms with E-state index in [-0.39, 0.29) is 16.3 Å². The summed E-state index contributed by atoms with van der Waals surface area (Å²) in [6, 6.07) is 6.73. The predicted octanol–water partition coefficient (Wildman–Crippen LogP) is 4.50. The molecule has 2 aromatic carbocycles. The van der Waals surface area contributed by atoms with Crippen LogP contribution in [0.1, 0.15) is 0 Å². The number of anilines is 2. The molecule has 0 heterocycles. The van der Waals surface area contributed by atoms with Crippen molar-refractivity contribution in [1.29, 1.82) is 0 Å². The Bertz CT molecular complexity index is 789. The van der Waals surface area contributed by atoms with Gasteiger partial charge in [0.15, 0.2) is 0 Å². The number of nitrogen functional groups attached to an aromatic ring is 1. The van der Waals surface area contributed by atoms with Crippen LogP contribution >= 0.6 is 47.8 Å². The topological polar surface area (TPSA) is 72.2 Å². The van der Waals surface area contributed by atoms with E-state index in [2.05, 4.69) is 52.5 Å². The Hall–Kier alpha value is -0.640. The Kier molecular flexibility index (Phi) is 4.96. The van der Waals surface area contributed by atoms with Crippen LogP contribution in [0.15, 0.2) is 48.6 Å². The third-order valence-electron chi connectivity index (χ3n) is 2.48. The number of rotatable bonds is 3. The first kappa shape index (κ1) is 16.7. The molecule has 4 nitrogen and oxygen atoms in total. The summed E-state index contributed by atoms with van der Waals surface area (Å²) >= 11 is 9.54. The van der Waals surface area contributed by atoms with Gasteiger partial charge in [-0.25, -0.2) is 12.8 Å². The van der Waals surface area contributed by atoms with E-state index in [9.17, 15) is 12.8 Å². The van der Waals surface area contributed by atoms with Gasteiger partial charge in [0.2, 0.25) is 0 Å². The van der Waals surface area contributed by atoms with E-state index in [0.29, 0.717) is 13.4 Å². The van der Waals surface area contributed by atoms with Crippen LogP contribution < -0.4 is 10.5 Å². The summed E-state index contributed by atoms with van der Waals surface area (Å²) in [5.74, 6) is -0.557. The maximum absolute atomic E-state index is 13.2. The van der Waals surface area contributed by atoms with Crippen molar-refractivity contribution in [3.8, 4) is 0 Å². The highest BCUT2D eigenvalue weighted by atomic mass is 79.9. The Morgan fingerprint density at radius 2 is 1.71 bits per heavy atom. The van der Waals surface area contributed by atoms with Crippen LogP contribution in [0, 0.1) is 5.82 Å². The van der Waals surface area contributed by atoms with E-state index >= 15 is 0 Å². The lowest BCUT2D eigenvalue weighted by atomic mass is 10.3. The summed E-state index contributed by atoms with van der Waals surface area (Å²) < 4.78 is 41.8. The standard InChI is InChI=1S/C12H8Br3FN2O2S/c13-6-3-9(15)12(10(17)4-6)21(19,20)18-11-5-7(16)1-2-8(11)14/h1-5,18H,17H2. The van der Waals surface area contributed by atoms with Crippen LogP contribution in [-0.4, -0.2) is 8.42 Å². The lowest BCUT2D eigenvalue weighted by Gasteiger charge is -2.13. The van der Waals surface area contributed by atoms with Gasteiger partial charge in [0, 0.05) is 13.4 Å². The van der Waals surface area contributed by atoms with Gasteiger partial charge in [-0.3, -0.25) is 4.72 Å². The van der Waals surface area contributed by atoms with Gasteiger partial charge in [-0.05, 0) is 62.2 Å². The molecule has 0 unspecified atom stereocenters. The Labute approximate surface area is 146 Å².